The predicted molar refractivity (Wildman–Crippen MR) is 81.2 cm³/mol. The molecule has 2 saturated heterocycles. The molecule has 7 nitrogen and oxygen atoms in total. The van der Waals surface area contributed by atoms with E-state index < -0.39 is 12.0 Å². The zero-order valence-electron chi connectivity index (χ0n) is 13.7. The van der Waals surface area contributed by atoms with Gasteiger partial charge in [0, 0.05) is 30.8 Å². The van der Waals surface area contributed by atoms with Crippen molar-refractivity contribution in [2.24, 2.45) is 5.92 Å². The summed E-state index contributed by atoms with van der Waals surface area (Å²) in [6.45, 7) is 4.35. The van der Waals surface area contributed by atoms with Crippen LogP contribution in [0.15, 0.2) is 6.07 Å². The Hall–Kier alpha value is -1.94. The van der Waals surface area contributed by atoms with Crippen LogP contribution in [0.5, 0.6) is 0 Å². The van der Waals surface area contributed by atoms with E-state index in [4.69, 9.17) is 9.47 Å². The third kappa shape index (κ3) is 3.15. The molecule has 0 aromatic carbocycles. The van der Waals surface area contributed by atoms with Gasteiger partial charge in [0.15, 0.2) is 6.29 Å². The summed E-state index contributed by atoms with van der Waals surface area (Å²) in [5.41, 5.74) is 0.605. The number of aromatic nitrogens is 4. The number of piperidine rings is 1. The van der Waals surface area contributed by atoms with Crippen molar-refractivity contribution >= 4 is 11.6 Å². The molecule has 0 saturated carbocycles. The first kappa shape index (κ1) is 16.5. The Labute approximate surface area is 141 Å². The fourth-order valence-electron chi connectivity index (χ4n) is 3.36. The summed E-state index contributed by atoms with van der Waals surface area (Å²) in [6.07, 6.45) is -3.07. The number of hydrogen-bond donors (Lipinski definition) is 0. The minimum absolute atomic E-state index is 0.0353. The van der Waals surface area contributed by atoms with E-state index in [2.05, 4.69) is 15.1 Å². The average Bonchev–Trinajstić information content (AvgIpc) is 3.23. The van der Waals surface area contributed by atoms with E-state index in [1.807, 2.05) is 4.90 Å². The standard InChI is InChI=1S/C15H18F3N5O2/c1-9-8-11(23-14(19-9)20-13(21-23)15(16,17)18)22-4-2-10(3-5-22)12-24-6-7-25-12/h8,10,12H,2-7H2,1H3. The second kappa shape index (κ2) is 6.10. The quantitative estimate of drug-likeness (QED) is 0.820. The van der Waals surface area contributed by atoms with Crippen molar-refractivity contribution in [3.05, 3.63) is 17.6 Å². The van der Waals surface area contributed by atoms with E-state index in [0.29, 0.717) is 43.7 Å². The van der Waals surface area contributed by atoms with Crippen LogP contribution in [0, 0.1) is 12.8 Å². The van der Waals surface area contributed by atoms with Gasteiger partial charge in [-0.1, -0.05) is 0 Å². The number of hydrogen-bond acceptors (Lipinski definition) is 6. The van der Waals surface area contributed by atoms with Crippen molar-refractivity contribution < 1.29 is 22.6 Å². The molecule has 2 aliphatic heterocycles. The molecule has 2 aliphatic rings. The third-order valence-corrected chi connectivity index (χ3v) is 4.57. The van der Waals surface area contributed by atoms with Crippen molar-refractivity contribution in [3.8, 4) is 0 Å². The first-order chi connectivity index (χ1) is 11.9. The van der Waals surface area contributed by atoms with Crippen LogP contribution in [-0.4, -0.2) is 52.2 Å². The molecule has 0 aliphatic carbocycles. The molecule has 0 amide bonds. The molecule has 2 aromatic rings. The highest BCUT2D eigenvalue weighted by Gasteiger charge is 2.37. The maximum atomic E-state index is 12.9. The SMILES string of the molecule is Cc1cc(N2CCC(C3OCCO3)CC2)n2nc(C(F)(F)F)nc2n1. The molecular formula is C15H18F3N5O2. The number of fused-ring (bicyclic) bond motifs is 1. The summed E-state index contributed by atoms with van der Waals surface area (Å²) in [5, 5.41) is 3.62. The summed E-state index contributed by atoms with van der Waals surface area (Å²) in [7, 11) is 0. The Kier molecular flexibility index (Phi) is 4.03. The highest BCUT2D eigenvalue weighted by atomic mass is 19.4. The van der Waals surface area contributed by atoms with Crippen LogP contribution in [0.4, 0.5) is 19.0 Å². The van der Waals surface area contributed by atoms with Crippen LogP contribution < -0.4 is 4.90 Å². The lowest BCUT2D eigenvalue weighted by Gasteiger charge is -2.35. The van der Waals surface area contributed by atoms with Crippen LogP contribution in [-0.2, 0) is 15.7 Å². The zero-order valence-corrected chi connectivity index (χ0v) is 13.7. The highest BCUT2D eigenvalue weighted by molar-refractivity contribution is 5.48. The average molecular weight is 357 g/mol. The second-order valence-electron chi connectivity index (χ2n) is 6.34. The number of halogens is 3. The number of aryl methyl sites for hydroxylation is 1. The number of anilines is 1. The summed E-state index contributed by atoms with van der Waals surface area (Å²) < 4.78 is 51.1. The van der Waals surface area contributed by atoms with Gasteiger partial charge in [0.2, 0.25) is 0 Å². The molecule has 10 heteroatoms. The number of rotatable bonds is 2. The third-order valence-electron chi connectivity index (χ3n) is 4.57. The minimum atomic E-state index is -4.59. The van der Waals surface area contributed by atoms with E-state index in [9.17, 15) is 13.2 Å². The number of ether oxygens (including phenoxy) is 2. The molecule has 4 heterocycles. The lowest BCUT2D eigenvalue weighted by molar-refractivity contribution is -0.144. The Morgan fingerprint density at radius 1 is 1.12 bits per heavy atom. The van der Waals surface area contributed by atoms with Crippen LogP contribution in [0.3, 0.4) is 0 Å². The normalized spacial score (nSPS) is 20.7. The van der Waals surface area contributed by atoms with Crippen molar-refractivity contribution in [3.63, 3.8) is 0 Å². The van der Waals surface area contributed by atoms with Gasteiger partial charge in [0.05, 0.1) is 13.2 Å². The molecule has 0 bridgehead atoms. The second-order valence-corrected chi connectivity index (χ2v) is 6.34. The maximum Gasteiger partial charge on any atom is 0.453 e. The maximum absolute atomic E-state index is 12.9. The molecule has 0 atom stereocenters. The van der Waals surface area contributed by atoms with E-state index in [0.717, 1.165) is 12.8 Å². The molecule has 0 N–H and O–H groups in total. The van der Waals surface area contributed by atoms with E-state index in [1.54, 1.807) is 13.0 Å². The van der Waals surface area contributed by atoms with E-state index >= 15 is 0 Å². The molecule has 2 fully saturated rings. The van der Waals surface area contributed by atoms with Gasteiger partial charge in [0.25, 0.3) is 11.6 Å². The minimum Gasteiger partial charge on any atom is -0.356 e. The van der Waals surface area contributed by atoms with Gasteiger partial charge in [0.1, 0.15) is 5.82 Å². The predicted octanol–water partition coefficient (Wildman–Crippen LogP) is 2.04. The summed E-state index contributed by atoms with van der Waals surface area (Å²) >= 11 is 0. The van der Waals surface area contributed by atoms with Gasteiger partial charge in [-0.2, -0.15) is 22.7 Å². The van der Waals surface area contributed by atoms with Gasteiger partial charge in [-0.3, -0.25) is 0 Å². The topological polar surface area (TPSA) is 64.8 Å². The van der Waals surface area contributed by atoms with Crippen LogP contribution in [0.25, 0.3) is 5.78 Å². The number of nitrogens with zero attached hydrogens (tertiary/aromatic N) is 5. The Morgan fingerprint density at radius 3 is 2.44 bits per heavy atom. The van der Waals surface area contributed by atoms with Gasteiger partial charge in [-0.05, 0) is 19.8 Å². The Balaban J connectivity index is 1.59. The van der Waals surface area contributed by atoms with Crippen molar-refractivity contribution in [1.29, 1.82) is 0 Å². The van der Waals surface area contributed by atoms with Gasteiger partial charge in [-0.15, -0.1) is 5.10 Å². The van der Waals surface area contributed by atoms with Gasteiger partial charge >= 0.3 is 6.18 Å². The molecule has 0 unspecified atom stereocenters. The largest absolute Gasteiger partial charge is 0.453 e. The lowest BCUT2D eigenvalue weighted by atomic mass is 9.96. The summed E-state index contributed by atoms with van der Waals surface area (Å²) in [5.74, 6) is -0.322. The van der Waals surface area contributed by atoms with Crippen LogP contribution in [0.2, 0.25) is 0 Å². The summed E-state index contributed by atoms with van der Waals surface area (Å²) in [6, 6.07) is 1.74. The molecule has 0 spiro atoms. The first-order valence-electron chi connectivity index (χ1n) is 8.21. The highest BCUT2D eigenvalue weighted by Crippen LogP contribution is 2.30. The summed E-state index contributed by atoms with van der Waals surface area (Å²) in [4.78, 5) is 9.61. The van der Waals surface area contributed by atoms with Gasteiger partial charge in [-0.25, -0.2) is 4.98 Å². The monoisotopic (exact) mass is 357 g/mol. The molecule has 25 heavy (non-hydrogen) atoms. The lowest BCUT2D eigenvalue weighted by Crippen LogP contribution is -2.39. The van der Waals surface area contributed by atoms with E-state index in [-0.39, 0.29) is 12.1 Å². The fraction of sp³-hybridized carbons (Fsp3) is 0.667. The van der Waals surface area contributed by atoms with Gasteiger partial charge < -0.3 is 14.4 Å². The van der Waals surface area contributed by atoms with Crippen LogP contribution >= 0.6 is 0 Å². The Morgan fingerprint density at radius 2 is 1.80 bits per heavy atom. The van der Waals surface area contributed by atoms with Crippen LogP contribution in [0.1, 0.15) is 24.4 Å². The smallest absolute Gasteiger partial charge is 0.356 e. The fourth-order valence-corrected chi connectivity index (χ4v) is 3.36. The molecule has 2 aromatic heterocycles. The van der Waals surface area contributed by atoms with E-state index in [1.165, 1.54) is 4.52 Å². The number of alkyl halides is 3. The van der Waals surface area contributed by atoms with Crippen molar-refractivity contribution in [2.45, 2.75) is 32.2 Å². The Bertz CT molecular complexity index is 764. The zero-order chi connectivity index (χ0) is 17.6. The molecule has 0 radical (unpaired) electrons. The van der Waals surface area contributed by atoms with Crippen molar-refractivity contribution in [2.75, 3.05) is 31.2 Å². The molecule has 136 valence electrons. The molecular weight excluding hydrogens is 339 g/mol. The molecule has 4 rings (SSSR count). The first-order valence-corrected chi connectivity index (χ1v) is 8.21. The van der Waals surface area contributed by atoms with Crippen molar-refractivity contribution in [1.82, 2.24) is 19.6 Å².